The van der Waals surface area contributed by atoms with Gasteiger partial charge < -0.3 is 30.1 Å². The highest BCUT2D eigenvalue weighted by Crippen LogP contribution is 2.44. The second-order valence-electron chi connectivity index (χ2n) is 10.5. The summed E-state index contributed by atoms with van der Waals surface area (Å²) >= 11 is 0. The SMILES string of the molecule is CNCC(C)NC(=O)N1CCC[C@@H]([C@@](O)(CCCCOC)c2cc(C)ccc2Oc2ccc(C)cc2)C1. The van der Waals surface area contributed by atoms with Crippen molar-refractivity contribution in [2.24, 2.45) is 5.92 Å². The van der Waals surface area contributed by atoms with Gasteiger partial charge in [-0.1, -0.05) is 29.3 Å². The van der Waals surface area contributed by atoms with Gasteiger partial charge >= 0.3 is 6.03 Å². The summed E-state index contributed by atoms with van der Waals surface area (Å²) in [6, 6.07) is 13.9. The van der Waals surface area contributed by atoms with Crippen molar-refractivity contribution in [2.45, 2.75) is 64.5 Å². The Kier molecular flexibility index (Phi) is 10.8. The van der Waals surface area contributed by atoms with Gasteiger partial charge in [0.1, 0.15) is 11.5 Å². The number of rotatable bonds is 12. The molecular weight excluding hydrogens is 466 g/mol. The number of hydrogen-bond acceptors (Lipinski definition) is 5. The van der Waals surface area contributed by atoms with Crippen LogP contribution in [-0.4, -0.2) is 62.5 Å². The highest BCUT2D eigenvalue weighted by atomic mass is 16.5. The molecule has 0 radical (unpaired) electrons. The first kappa shape index (κ1) is 29.0. The standard InChI is InChI=1S/C30H45N3O4/c1-22-10-13-26(14-11-22)37-28-15-12-23(2)19-27(28)30(35,16-6-7-18-36-5)25-9-8-17-33(21-25)29(34)32-24(3)20-31-4/h10-15,19,24-25,31,35H,6-9,16-18,20-21H2,1-5H3,(H,32,34)/t24?,25-,30+/m1/s1. The molecule has 0 bridgehead atoms. The Morgan fingerprint density at radius 1 is 1.16 bits per heavy atom. The lowest BCUT2D eigenvalue weighted by Crippen LogP contribution is -2.53. The van der Waals surface area contributed by atoms with Crippen molar-refractivity contribution >= 4 is 6.03 Å². The molecule has 0 saturated carbocycles. The molecule has 3 N–H and O–H groups in total. The summed E-state index contributed by atoms with van der Waals surface area (Å²) in [5, 5.41) is 18.7. The van der Waals surface area contributed by atoms with Gasteiger partial charge in [0.05, 0.1) is 5.60 Å². The fourth-order valence-corrected chi connectivity index (χ4v) is 5.21. The zero-order chi connectivity index (χ0) is 26.8. The van der Waals surface area contributed by atoms with Crippen LogP contribution in [0.1, 0.15) is 55.7 Å². The van der Waals surface area contributed by atoms with Gasteiger partial charge in [0, 0.05) is 50.9 Å². The number of benzene rings is 2. The first-order valence-electron chi connectivity index (χ1n) is 13.5. The Morgan fingerprint density at radius 3 is 2.59 bits per heavy atom. The third-order valence-corrected chi connectivity index (χ3v) is 7.27. The van der Waals surface area contributed by atoms with E-state index in [9.17, 15) is 9.90 Å². The van der Waals surface area contributed by atoms with Gasteiger partial charge in [-0.15, -0.1) is 0 Å². The largest absolute Gasteiger partial charge is 0.457 e. The zero-order valence-corrected chi connectivity index (χ0v) is 23.2. The first-order chi connectivity index (χ1) is 17.8. The van der Waals surface area contributed by atoms with Crippen LogP contribution in [-0.2, 0) is 10.3 Å². The van der Waals surface area contributed by atoms with Crippen LogP contribution in [0.15, 0.2) is 42.5 Å². The average molecular weight is 512 g/mol. The normalized spacial score (nSPS) is 18.2. The Labute approximate surface area is 222 Å². The number of piperidine rings is 1. The lowest BCUT2D eigenvalue weighted by atomic mass is 9.73. The number of nitrogens with one attached hydrogen (secondary N) is 2. The van der Waals surface area contributed by atoms with E-state index < -0.39 is 5.60 Å². The monoisotopic (exact) mass is 511 g/mol. The lowest BCUT2D eigenvalue weighted by Gasteiger charge is -2.43. The number of ether oxygens (including phenoxy) is 2. The maximum Gasteiger partial charge on any atom is 0.317 e. The van der Waals surface area contributed by atoms with Crippen molar-refractivity contribution in [3.8, 4) is 11.5 Å². The number of nitrogens with zero attached hydrogens (tertiary/aromatic N) is 1. The number of amides is 2. The Bertz CT molecular complexity index is 997. The lowest BCUT2D eigenvalue weighted by molar-refractivity contribution is -0.0575. The van der Waals surface area contributed by atoms with Crippen LogP contribution in [0.4, 0.5) is 4.79 Å². The molecule has 2 aromatic carbocycles. The minimum absolute atomic E-state index is 0.0251. The van der Waals surface area contributed by atoms with Gasteiger partial charge in [-0.05, 0) is 84.2 Å². The molecule has 1 fully saturated rings. The Hall–Kier alpha value is -2.61. The summed E-state index contributed by atoms with van der Waals surface area (Å²) in [5.41, 5.74) is 1.87. The molecule has 2 amide bonds. The van der Waals surface area contributed by atoms with Crippen molar-refractivity contribution < 1.29 is 19.4 Å². The van der Waals surface area contributed by atoms with E-state index in [1.54, 1.807) is 7.11 Å². The number of urea groups is 1. The molecule has 1 aliphatic heterocycles. The topological polar surface area (TPSA) is 83.1 Å². The fraction of sp³-hybridized carbons (Fsp3) is 0.567. The van der Waals surface area contributed by atoms with Crippen LogP contribution >= 0.6 is 0 Å². The Balaban J connectivity index is 1.91. The van der Waals surface area contributed by atoms with Gasteiger partial charge in [0.15, 0.2) is 0 Å². The molecule has 0 aromatic heterocycles. The predicted octanol–water partition coefficient (Wildman–Crippen LogP) is 5.13. The molecule has 3 atom stereocenters. The molecule has 1 aliphatic rings. The Morgan fingerprint density at radius 2 is 1.89 bits per heavy atom. The van der Waals surface area contributed by atoms with Crippen LogP contribution in [0, 0.1) is 19.8 Å². The number of aryl methyl sites for hydroxylation is 2. The van der Waals surface area contributed by atoms with Crippen LogP contribution in [0.2, 0.25) is 0 Å². The maximum atomic E-state index is 13.0. The molecule has 1 heterocycles. The summed E-state index contributed by atoms with van der Waals surface area (Å²) in [5.74, 6) is 1.28. The second kappa shape index (κ2) is 13.8. The van der Waals surface area contributed by atoms with E-state index >= 15 is 0 Å². The molecule has 2 aromatic rings. The highest BCUT2D eigenvalue weighted by molar-refractivity contribution is 5.74. The van der Waals surface area contributed by atoms with Gasteiger partial charge in [-0.2, -0.15) is 0 Å². The third-order valence-electron chi connectivity index (χ3n) is 7.27. The van der Waals surface area contributed by atoms with E-state index in [1.807, 2.05) is 75.2 Å². The molecule has 7 nitrogen and oxygen atoms in total. The van der Waals surface area contributed by atoms with Crippen LogP contribution in [0.5, 0.6) is 11.5 Å². The minimum atomic E-state index is -1.14. The third kappa shape index (κ3) is 7.94. The molecule has 1 saturated heterocycles. The number of likely N-dealkylation sites (tertiary alicyclic amines) is 1. The fourth-order valence-electron chi connectivity index (χ4n) is 5.21. The summed E-state index contributed by atoms with van der Waals surface area (Å²) in [6.07, 6.45) is 3.93. The number of hydrogen-bond donors (Lipinski definition) is 3. The number of carbonyl (C=O) groups excluding carboxylic acids is 1. The van der Waals surface area contributed by atoms with Gasteiger partial charge in [0.25, 0.3) is 0 Å². The van der Waals surface area contributed by atoms with Crippen molar-refractivity contribution in [2.75, 3.05) is 40.4 Å². The van der Waals surface area contributed by atoms with Crippen LogP contribution in [0.3, 0.4) is 0 Å². The van der Waals surface area contributed by atoms with Crippen molar-refractivity contribution in [3.05, 3.63) is 59.2 Å². The summed E-state index contributed by atoms with van der Waals surface area (Å²) in [6.45, 7) is 8.61. The van der Waals surface area contributed by atoms with Crippen molar-refractivity contribution in [3.63, 3.8) is 0 Å². The molecule has 7 heteroatoms. The summed E-state index contributed by atoms with van der Waals surface area (Å²) < 4.78 is 11.6. The predicted molar refractivity (Wildman–Crippen MR) is 148 cm³/mol. The van der Waals surface area contributed by atoms with Gasteiger partial charge in [-0.3, -0.25) is 0 Å². The number of likely N-dealkylation sites (N-methyl/N-ethyl adjacent to an activating group) is 1. The smallest absolute Gasteiger partial charge is 0.317 e. The van der Waals surface area contributed by atoms with E-state index in [0.29, 0.717) is 38.4 Å². The summed E-state index contributed by atoms with van der Waals surface area (Å²) in [7, 11) is 3.58. The van der Waals surface area contributed by atoms with E-state index in [0.717, 1.165) is 48.1 Å². The van der Waals surface area contributed by atoms with E-state index in [2.05, 4.69) is 10.6 Å². The van der Waals surface area contributed by atoms with E-state index in [-0.39, 0.29) is 18.0 Å². The van der Waals surface area contributed by atoms with Crippen LogP contribution < -0.4 is 15.4 Å². The molecule has 0 aliphatic carbocycles. The molecular formula is C30H45N3O4. The van der Waals surface area contributed by atoms with E-state index in [4.69, 9.17) is 9.47 Å². The van der Waals surface area contributed by atoms with Crippen molar-refractivity contribution in [1.82, 2.24) is 15.5 Å². The zero-order valence-electron chi connectivity index (χ0n) is 23.2. The second-order valence-corrected chi connectivity index (χ2v) is 10.5. The molecule has 1 unspecified atom stereocenters. The number of carbonyl (C=O) groups is 1. The number of aliphatic hydroxyl groups is 1. The van der Waals surface area contributed by atoms with E-state index in [1.165, 1.54) is 0 Å². The minimum Gasteiger partial charge on any atom is -0.457 e. The maximum absolute atomic E-state index is 13.0. The molecule has 37 heavy (non-hydrogen) atoms. The first-order valence-corrected chi connectivity index (χ1v) is 13.5. The number of methoxy groups -OCH3 is 1. The van der Waals surface area contributed by atoms with Crippen molar-refractivity contribution in [1.29, 1.82) is 0 Å². The molecule has 0 spiro atoms. The quantitative estimate of drug-likeness (QED) is 0.344. The van der Waals surface area contributed by atoms with Gasteiger partial charge in [0.2, 0.25) is 0 Å². The molecule has 3 rings (SSSR count). The average Bonchev–Trinajstić information content (AvgIpc) is 2.89. The summed E-state index contributed by atoms with van der Waals surface area (Å²) in [4.78, 5) is 14.9. The molecule has 204 valence electrons. The number of unbranched alkanes of at least 4 members (excludes halogenated alkanes) is 1. The van der Waals surface area contributed by atoms with Gasteiger partial charge in [-0.25, -0.2) is 4.79 Å². The highest BCUT2D eigenvalue weighted by Gasteiger charge is 2.43. The van der Waals surface area contributed by atoms with Crippen LogP contribution in [0.25, 0.3) is 0 Å².